The number of rotatable bonds is 3. The van der Waals surface area contributed by atoms with E-state index in [0.717, 1.165) is 0 Å². The van der Waals surface area contributed by atoms with Gasteiger partial charge in [-0.15, -0.1) is 0 Å². The number of esters is 1. The molecule has 2 nitrogen and oxygen atoms in total. The smallest absolute Gasteiger partial charge is 0.330 e. The van der Waals surface area contributed by atoms with Crippen LogP contribution in [0.5, 0.6) is 0 Å². The van der Waals surface area contributed by atoms with E-state index in [-0.39, 0.29) is 5.97 Å². The van der Waals surface area contributed by atoms with Crippen molar-refractivity contribution in [3.63, 3.8) is 0 Å². The maximum atomic E-state index is 10.8. The van der Waals surface area contributed by atoms with Crippen molar-refractivity contribution in [3.8, 4) is 0 Å². The van der Waals surface area contributed by atoms with Crippen LogP contribution in [-0.4, -0.2) is 12.6 Å². The molecule has 1 aliphatic rings. The van der Waals surface area contributed by atoms with Crippen LogP contribution in [0.15, 0.2) is 12.7 Å². The fraction of sp³-hybridized carbons (Fsp3) is 0.727. The summed E-state index contributed by atoms with van der Waals surface area (Å²) in [6.45, 7) is 8.40. The molecule has 0 saturated heterocycles. The van der Waals surface area contributed by atoms with Gasteiger partial charge in [0.2, 0.25) is 0 Å². The van der Waals surface area contributed by atoms with E-state index >= 15 is 0 Å². The lowest BCUT2D eigenvalue weighted by Gasteiger charge is -2.18. The third-order valence-corrected chi connectivity index (χ3v) is 3.12. The molecular weight excluding hydrogens is 164 g/mol. The van der Waals surface area contributed by atoms with Crippen LogP contribution in [0, 0.1) is 17.8 Å². The van der Waals surface area contributed by atoms with Crippen molar-refractivity contribution in [1.29, 1.82) is 0 Å². The summed E-state index contributed by atoms with van der Waals surface area (Å²) in [5, 5.41) is 0. The largest absolute Gasteiger partial charge is 0.462 e. The molecule has 0 radical (unpaired) electrons. The van der Waals surface area contributed by atoms with Crippen molar-refractivity contribution >= 4 is 5.97 Å². The first kappa shape index (κ1) is 10.3. The minimum absolute atomic E-state index is 0.300. The van der Waals surface area contributed by atoms with E-state index in [9.17, 15) is 4.79 Å². The first-order chi connectivity index (χ1) is 6.15. The molecule has 0 bridgehead atoms. The Kier molecular flexibility index (Phi) is 3.52. The molecule has 1 rings (SSSR count). The van der Waals surface area contributed by atoms with Crippen molar-refractivity contribution in [1.82, 2.24) is 0 Å². The average molecular weight is 182 g/mol. The zero-order chi connectivity index (χ0) is 9.84. The van der Waals surface area contributed by atoms with Crippen LogP contribution in [-0.2, 0) is 9.53 Å². The zero-order valence-corrected chi connectivity index (χ0v) is 8.45. The Morgan fingerprint density at radius 2 is 2.00 bits per heavy atom. The van der Waals surface area contributed by atoms with E-state index in [1.54, 1.807) is 0 Å². The molecule has 13 heavy (non-hydrogen) atoms. The molecule has 0 heterocycles. The molecule has 0 aromatic heterocycles. The summed E-state index contributed by atoms with van der Waals surface area (Å²) >= 11 is 0. The SMILES string of the molecule is C=CC(=O)OCC1C(C)CCC1C. The topological polar surface area (TPSA) is 26.3 Å². The van der Waals surface area contributed by atoms with E-state index in [1.807, 2.05) is 0 Å². The third-order valence-electron chi connectivity index (χ3n) is 3.12. The number of hydrogen-bond acceptors (Lipinski definition) is 2. The van der Waals surface area contributed by atoms with E-state index in [0.29, 0.717) is 24.4 Å². The van der Waals surface area contributed by atoms with Gasteiger partial charge in [0.15, 0.2) is 0 Å². The quantitative estimate of drug-likeness (QED) is 0.495. The van der Waals surface area contributed by atoms with E-state index in [4.69, 9.17) is 4.74 Å². The molecule has 2 unspecified atom stereocenters. The van der Waals surface area contributed by atoms with Gasteiger partial charge in [-0.1, -0.05) is 33.3 Å². The second kappa shape index (κ2) is 4.45. The number of hydrogen-bond donors (Lipinski definition) is 0. The van der Waals surface area contributed by atoms with Gasteiger partial charge in [0, 0.05) is 6.08 Å². The van der Waals surface area contributed by atoms with Crippen LogP contribution in [0.4, 0.5) is 0 Å². The highest BCUT2D eigenvalue weighted by Gasteiger charge is 2.30. The summed E-state index contributed by atoms with van der Waals surface area (Å²) in [4.78, 5) is 10.8. The zero-order valence-electron chi connectivity index (χ0n) is 8.45. The molecule has 2 heteroatoms. The summed E-state index contributed by atoms with van der Waals surface area (Å²) in [5.41, 5.74) is 0. The molecule has 1 fully saturated rings. The average Bonchev–Trinajstić information content (AvgIpc) is 2.43. The number of carbonyl (C=O) groups excluding carboxylic acids is 1. The first-order valence-electron chi connectivity index (χ1n) is 4.94. The number of ether oxygens (including phenoxy) is 1. The molecule has 0 aromatic rings. The summed E-state index contributed by atoms with van der Waals surface area (Å²) < 4.78 is 5.06. The van der Waals surface area contributed by atoms with Crippen molar-refractivity contribution in [2.45, 2.75) is 26.7 Å². The third kappa shape index (κ3) is 2.58. The molecule has 0 aromatic carbocycles. The Hall–Kier alpha value is -0.790. The van der Waals surface area contributed by atoms with Crippen LogP contribution in [0.25, 0.3) is 0 Å². The molecule has 74 valence electrons. The van der Waals surface area contributed by atoms with Gasteiger partial charge in [-0.05, 0) is 17.8 Å². The van der Waals surface area contributed by atoms with Crippen LogP contribution >= 0.6 is 0 Å². The lowest BCUT2D eigenvalue weighted by molar-refractivity contribution is -0.139. The maximum absolute atomic E-state index is 10.8. The van der Waals surface area contributed by atoms with Gasteiger partial charge < -0.3 is 4.74 Å². The highest BCUT2D eigenvalue weighted by atomic mass is 16.5. The van der Waals surface area contributed by atoms with Gasteiger partial charge in [0.25, 0.3) is 0 Å². The fourth-order valence-electron chi connectivity index (χ4n) is 2.08. The summed E-state index contributed by atoms with van der Waals surface area (Å²) in [6, 6.07) is 0. The Morgan fingerprint density at radius 1 is 1.46 bits per heavy atom. The molecule has 0 amide bonds. The van der Waals surface area contributed by atoms with Gasteiger partial charge in [-0.3, -0.25) is 0 Å². The lowest BCUT2D eigenvalue weighted by Crippen LogP contribution is -2.19. The molecule has 0 spiro atoms. The van der Waals surface area contributed by atoms with Crippen molar-refractivity contribution in [2.75, 3.05) is 6.61 Å². The van der Waals surface area contributed by atoms with Crippen LogP contribution < -0.4 is 0 Å². The van der Waals surface area contributed by atoms with Gasteiger partial charge in [-0.2, -0.15) is 0 Å². The Morgan fingerprint density at radius 3 is 2.46 bits per heavy atom. The molecule has 2 atom stereocenters. The monoisotopic (exact) mass is 182 g/mol. The molecular formula is C11H18O2. The van der Waals surface area contributed by atoms with Crippen molar-refractivity contribution < 1.29 is 9.53 Å². The van der Waals surface area contributed by atoms with Gasteiger partial charge >= 0.3 is 5.97 Å². The van der Waals surface area contributed by atoms with Crippen LogP contribution in [0.2, 0.25) is 0 Å². The fourth-order valence-corrected chi connectivity index (χ4v) is 2.08. The predicted molar refractivity (Wildman–Crippen MR) is 52.2 cm³/mol. The summed E-state index contributed by atoms with van der Waals surface area (Å²) in [5.74, 6) is 1.62. The standard InChI is InChI=1S/C11H18O2/c1-4-11(12)13-7-10-8(2)5-6-9(10)3/h4,8-10H,1,5-7H2,2-3H3. The van der Waals surface area contributed by atoms with Crippen LogP contribution in [0.3, 0.4) is 0 Å². The first-order valence-corrected chi connectivity index (χ1v) is 4.94. The maximum Gasteiger partial charge on any atom is 0.330 e. The minimum Gasteiger partial charge on any atom is -0.462 e. The van der Waals surface area contributed by atoms with Crippen LogP contribution in [0.1, 0.15) is 26.7 Å². The van der Waals surface area contributed by atoms with E-state index < -0.39 is 0 Å². The second-order valence-corrected chi connectivity index (χ2v) is 4.03. The van der Waals surface area contributed by atoms with Gasteiger partial charge in [0.05, 0.1) is 6.61 Å². The Bertz CT molecular complexity index is 188. The molecule has 1 saturated carbocycles. The predicted octanol–water partition coefficient (Wildman–Crippen LogP) is 2.40. The van der Waals surface area contributed by atoms with Crippen molar-refractivity contribution in [3.05, 3.63) is 12.7 Å². The second-order valence-electron chi connectivity index (χ2n) is 4.03. The minimum atomic E-state index is -0.300. The van der Waals surface area contributed by atoms with E-state index in [2.05, 4.69) is 20.4 Å². The highest BCUT2D eigenvalue weighted by Crippen LogP contribution is 2.36. The number of carbonyl (C=O) groups is 1. The normalized spacial score (nSPS) is 32.9. The molecule has 0 N–H and O–H groups in total. The van der Waals surface area contributed by atoms with Gasteiger partial charge in [0.1, 0.15) is 0 Å². The Labute approximate surface area is 80.0 Å². The van der Waals surface area contributed by atoms with Gasteiger partial charge in [-0.25, -0.2) is 4.79 Å². The summed E-state index contributed by atoms with van der Waals surface area (Å²) in [6.07, 6.45) is 3.75. The van der Waals surface area contributed by atoms with E-state index in [1.165, 1.54) is 18.9 Å². The highest BCUT2D eigenvalue weighted by molar-refractivity contribution is 5.81. The molecule has 0 aliphatic heterocycles. The van der Waals surface area contributed by atoms with Crippen molar-refractivity contribution in [2.24, 2.45) is 17.8 Å². The molecule has 1 aliphatic carbocycles. The summed E-state index contributed by atoms with van der Waals surface area (Å²) in [7, 11) is 0. The lowest BCUT2D eigenvalue weighted by atomic mass is 9.93. The Balaban J connectivity index is 2.35.